The Balaban J connectivity index is 1.48. The zero-order valence-electron chi connectivity index (χ0n) is 16.2. The number of amides is 1. The van der Waals surface area contributed by atoms with Gasteiger partial charge >= 0.3 is 0 Å². The molecule has 0 spiro atoms. The van der Waals surface area contributed by atoms with Gasteiger partial charge in [-0.15, -0.1) is 0 Å². The van der Waals surface area contributed by atoms with Gasteiger partial charge in [-0.3, -0.25) is 4.79 Å². The maximum absolute atomic E-state index is 14.0. The third-order valence-electron chi connectivity index (χ3n) is 5.14. The normalized spacial score (nSPS) is 20.3. The predicted octanol–water partition coefficient (Wildman–Crippen LogP) is 1.54. The first-order valence-electron chi connectivity index (χ1n) is 9.70. The number of halogens is 1. The molecule has 10 heteroatoms. The standard InChI is InChI=1S/C20H22FN3O5S/c21-17-5-1-2-6-18(17)30(26,27)24-9-7-15(14-24)29-19-16(4-3-8-22-19)20(25)23-10-12-28-13-11-23/h1-6,8,15H,7,9-14H2. The van der Waals surface area contributed by atoms with E-state index in [9.17, 15) is 17.6 Å². The molecule has 2 aromatic rings. The van der Waals surface area contributed by atoms with E-state index in [1.807, 2.05) is 0 Å². The van der Waals surface area contributed by atoms with Gasteiger partial charge in [0.15, 0.2) is 0 Å². The molecule has 160 valence electrons. The van der Waals surface area contributed by atoms with Crippen molar-refractivity contribution in [1.29, 1.82) is 0 Å². The van der Waals surface area contributed by atoms with Crippen molar-refractivity contribution in [3.05, 3.63) is 54.0 Å². The monoisotopic (exact) mass is 435 g/mol. The van der Waals surface area contributed by atoms with E-state index in [0.717, 1.165) is 6.07 Å². The summed E-state index contributed by atoms with van der Waals surface area (Å²) in [7, 11) is -3.97. The Labute approximate surface area is 174 Å². The zero-order valence-corrected chi connectivity index (χ0v) is 17.1. The second-order valence-corrected chi connectivity index (χ2v) is 8.99. The van der Waals surface area contributed by atoms with Gasteiger partial charge in [0.2, 0.25) is 15.9 Å². The molecule has 0 radical (unpaired) electrons. The SMILES string of the molecule is O=C(c1cccnc1OC1CCN(S(=O)(=O)c2ccccc2F)C1)N1CCOCC1. The summed E-state index contributed by atoms with van der Waals surface area (Å²) in [5, 5.41) is 0. The summed E-state index contributed by atoms with van der Waals surface area (Å²) in [6.45, 7) is 2.19. The van der Waals surface area contributed by atoms with E-state index < -0.39 is 21.9 Å². The second-order valence-electron chi connectivity index (χ2n) is 7.08. The number of morpholine rings is 1. The van der Waals surface area contributed by atoms with E-state index in [2.05, 4.69) is 4.98 Å². The van der Waals surface area contributed by atoms with Crippen molar-refractivity contribution in [2.75, 3.05) is 39.4 Å². The van der Waals surface area contributed by atoms with Gasteiger partial charge in [0.05, 0.1) is 19.8 Å². The van der Waals surface area contributed by atoms with Crippen LogP contribution in [0.15, 0.2) is 47.5 Å². The van der Waals surface area contributed by atoms with E-state index in [4.69, 9.17) is 9.47 Å². The highest BCUT2D eigenvalue weighted by atomic mass is 32.2. The Morgan fingerprint density at radius 2 is 1.90 bits per heavy atom. The summed E-state index contributed by atoms with van der Waals surface area (Å²) in [6, 6.07) is 8.59. The molecule has 1 aromatic heterocycles. The molecule has 2 aliphatic heterocycles. The summed E-state index contributed by atoms with van der Waals surface area (Å²) in [5.74, 6) is -0.815. The topological polar surface area (TPSA) is 89.0 Å². The lowest BCUT2D eigenvalue weighted by Gasteiger charge is -2.27. The maximum atomic E-state index is 14.0. The van der Waals surface area contributed by atoms with Crippen LogP contribution in [0.1, 0.15) is 16.8 Å². The minimum absolute atomic E-state index is 0.0540. The van der Waals surface area contributed by atoms with Gasteiger partial charge in [0, 0.05) is 25.8 Å². The van der Waals surface area contributed by atoms with Crippen LogP contribution in [0.4, 0.5) is 4.39 Å². The summed E-state index contributed by atoms with van der Waals surface area (Å²) in [6.07, 6.45) is 1.45. The number of hydrogen-bond donors (Lipinski definition) is 0. The number of rotatable bonds is 5. The summed E-state index contributed by atoms with van der Waals surface area (Å²) >= 11 is 0. The Bertz CT molecular complexity index is 1030. The van der Waals surface area contributed by atoms with Gasteiger partial charge in [-0.25, -0.2) is 17.8 Å². The van der Waals surface area contributed by atoms with Gasteiger partial charge < -0.3 is 14.4 Å². The average Bonchev–Trinajstić information content (AvgIpc) is 3.24. The first-order chi connectivity index (χ1) is 14.5. The Kier molecular flexibility index (Phi) is 5.98. The largest absolute Gasteiger partial charge is 0.472 e. The van der Waals surface area contributed by atoms with E-state index in [-0.39, 0.29) is 29.8 Å². The van der Waals surface area contributed by atoms with E-state index in [0.29, 0.717) is 38.3 Å². The summed E-state index contributed by atoms with van der Waals surface area (Å²) in [5.41, 5.74) is 0.329. The van der Waals surface area contributed by atoms with E-state index in [1.165, 1.54) is 28.7 Å². The van der Waals surface area contributed by atoms with Crippen LogP contribution in [0.5, 0.6) is 5.88 Å². The first kappa shape index (κ1) is 20.7. The molecular formula is C20H22FN3O5S. The van der Waals surface area contributed by atoms with Crippen LogP contribution in [0, 0.1) is 5.82 Å². The number of ether oxygens (including phenoxy) is 2. The van der Waals surface area contributed by atoms with Crippen molar-refractivity contribution in [3.8, 4) is 5.88 Å². The number of pyridine rings is 1. The van der Waals surface area contributed by atoms with Crippen LogP contribution in [0.3, 0.4) is 0 Å². The molecule has 0 saturated carbocycles. The van der Waals surface area contributed by atoms with Crippen molar-refractivity contribution in [2.45, 2.75) is 17.4 Å². The molecule has 8 nitrogen and oxygen atoms in total. The van der Waals surface area contributed by atoms with Gasteiger partial charge in [-0.2, -0.15) is 4.31 Å². The fourth-order valence-electron chi connectivity index (χ4n) is 3.55. The molecule has 2 fully saturated rings. The summed E-state index contributed by atoms with van der Waals surface area (Å²) < 4.78 is 52.0. The lowest BCUT2D eigenvalue weighted by Crippen LogP contribution is -2.41. The number of aromatic nitrogens is 1. The van der Waals surface area contributed by atoms with Gasteiger partial charge in [0.25, 0.3) is 5.91 Å². The number of carbonyl (C=O) groups excluding carboxylic acids is 1. The van der Waals surface area contributed by atoms with E-state index in [1.54, 1.807) is 17.0 Å². The molecule has 0 bridgehead atoms. The number of sulfonamides is 1. The van der Waals surface area contributed by atoms with Crippen molar-refractivity contribution >= 4 is 15.9 Å². The molecule has 4 rings (SSSR count). The molecule has 0 aliphatic carbocycles. The molecule has 30 heavy (non-hydrogen) atoms. The molecule has 0 N–H and O–H groups in total. The number of hydrogen-bond acceptors (Lipinski definition) is 6. The Morgan fingerprint density at radius 1 is 1.13 bits per heavy atom. The third kappa shape index (κ3) is 4.16. The van der Waals surface area contributed by atoms with E-state index >= 15 is 0 Å². The molecule has 1 atom stereocenters. The van der Waals surface area contributed by atoms with Crippen LogP contribution < -0.4 is 4.74 Å². The van der Waals surface area contributed by atoms with Gasteiger partial charge in [-0.1, -0.05) is 12.1 Å². The smallest absolute Gasteiger partial charge is 0.259 e. The number of carbonyl (C=O) groups is 1. The lowest BCUT2D eigenvalue weighted by atomic mass is 10.2. The predicted molar refractivity (Wildman–Crippen MR) is 105 cm³/mol. The van der Waals surface area contributed by atoms with Crippen molar-refractivity contribution < 1.29 is 27.1 Å². The maximum Gasteiger partial charge on any atom is 0.259 e. The zero-order chi connectivity index (χ0) is 21.1. The van der Waals surface area contributed by atoms with Crippen LogP contribution in [-0.4, -0.2) is 74.0 Å². The van der Waals surface area contributed by atoms with Crippen LogP contribution >= 0.6 is 0 Å². The van der Waals surface area contributed by atoms with Crippen molar-refractivity contribution in [3.63, 3.8) is 0 Å². The highest BCUT2D eigenvalue weighted by Gasteiger charge is 2.36. The minimum atomic E-state index is -3.97. The van der Waals surface area contributed by atoms with Crippen LogP contribution in [-0.2, 0) is 14.8 Å². The third-order valence-corrected chi connectivity index (χ3v) is 7.04. The van der Waals surface area contributed by atoms with Crippen molar-refractivity contribution in [2.24, 2.45) is 0 Å². The molecule has 1 unspecified atom stereocenters. The minimum Gasteiger partial charge on any atom is -0.472 e. The molecule has 1 amide bonds. The fourth-order valence-corrected chi connectivity index (χ4v) is 5.10. The highest BCUT2D eigenvalue weighted by molar-refractivity contribution is 7.89. The fraction of sp³-hybridized carbons (Fsp3) is 0.400. The molecule has 3 heterocycles. The Hall–Kier alpha value is -2.56. The second kappa shape index (κ2) is 8.66. The summed E-state index contributed by atoms with van der Waals surface area (Å²) in [4.78, 5) is 18.4. The van der Waals surface area contributed by atoms with Gasteiger partial charge in [-0.05, 0) is 30.7 Å². The molecule has 2 saturated heterocycles. The Morgan fingerprint density at radius 3 is 2.67 bits per heavy atom. The average molecular weight is 435 g/mol. The molecule has 1 aromatic carbocycles. The molecular weight excluding hydrogens is 413 g/mol. The van der Waals surface area contributed by atoms with Crippen LogP contribution in [0.25, 0.3) is 0 Å². The highest BCUT2D eigenvalue weighted by Crippen LogP contribution is 2.26. The first-order valence-corrected chi connectivity index (χ1v) is 11.1. The lowest BCUT2D eigenvalue weighted by molar-refractivity contribution is 0.0298. The van der Waals surface area contributed by atoms with Crippen molar-refractivity contribution in [1.82, 2.24) is 14.2 Å². The number of nitrogens with zero attached hydrogens (tertiary/aromatic N) is 3. The number of benzene rings is 1. The van der Waals surface area contributed by atoms with Gasteiger partial charge in [0.1, 0.15) is 22.4 Å². The quantitative estimate of drug-likeness (QED) is 0.708. The molecule has 2 aliphatic rings. The van der Waals surface area contributed by atoms with Crippen LogP contribution in [0.2, 0.25) is 0 Å².